The van der Waals surface area contributed by atoms with E-state index in [1.165, 1.54) is 0 Å². The van der Waals surface area contributed by atoms with Gasteiger partial charge in [0.25, 0.3) is 0 Å². The molecule has 0 fully saturated rings. The second-order valence-corrected chi connectivity index (χ2v) is 2.49. The third-order valence-electron chi connectivity index (χ3n) is 1.35. The molecule has 0 aliphatic heterocycles. The van der Waals surface area contributed by atoms with E-state index >= 15 is 0 Å². The molecule has 0 amide bonds. The minimum absolute atomic E-state index is 0.202. The molecule has 4 nitrogen and oxygen atoms in total. The number of hydrogen-bond acceptors (Lipinski definition) is 4. The summed E-state index contributed by atoms with van der Waals surface area (Å²) in [6.45, 7) is 4.26. The fourth-order valence-corrected chi connectivity index (χ4v) is 0.799. The lowest BCUT2D eigenvalue weighted by atomic mass is 10.3. The predicted molar refractivity (Wildman–Crippen MR) is 51.6 cm³/mol. The first kappa shape index (κ1) is 12.7. The van der Waals surface area contributed by atoms with Gasteiger partial charge in [0, 0.05) is 0 Å². The molecule has 14 heavy (non-hydrogen) atoms. The SMILES string of the molecule is CCOC(=O)C/C=C\CC(=O)OCC. The van der Waals surface area contributed by atoms with Crippen molar-refractivity contribution in [3.05, 3.63) is 12.2 Å². The van der Waals surface area contributed by atoms with Crippen molar-refractivity contribution in [2.75, 3.05) is 13.2 Å². The molecular weight excluding hydrogens is 184 g/mol. The van der Waals surface area contributed by atoms with Gasteiger partial charge in [0.2, 0.25) is 0 Å². The summed E-state index contributed by atoms with van der Waals surface area (Å²) in [5.41, 5.74) is 0. The Hall–Kier alpha value is -1.32. The van der Waals surface area contributed by atoms with Crippen LogP contribution in [0.3, 0.4) is 0 Å². The molecule has 0 unspecified atom stereocenters. The van der Waals surface area contributed by atoms with Gasteiger partial charge in [-0.3, -0.25) is 9.59 Å². The largest absolute Gasteiger partial charge is 0.466 e. The lowest BCUT2D eigenvalue weighted by Gasteiger charge is -1.97. The maximum atomic E-state index is 10.8. The fraction of sp³-hybridized carbons (Fsp3) is 0.600. The molecule has 0 aliphatic carbocycles. The maximum absolute atomic E-state index is 10.8. The summed E-state index contributed by atoms with van der Waals surface area (Å²) >= 11 is 0. The van der Waals surface area contributed by atoms with E-state index in [1.54, 1.807) is 26.0 Å². The highest BCUT2D eigenvalue weighted by Gasteiger charge is 1.98. The first-order chi connectivity index (χ1) is 6.70. The Balaban J connectivity index is 3.53. The van der Waals surface area contributed by atoms with E-state index in [4.69, 9.17) is 9.47 Å². The van der Waals surface area contributed by atoms with Crippen LogP contribution >= 0.6 is 0 Å². The Bertz CT molecular complexity index is 186. The van der Waals surface area contributed by atoms with Crippen LogP contribution < -0.4 is 0 Å². The van der Waals surface area contributed by atoms with Gasteiger partial charge < -0.3 is 9.47 Å². The Kier molecular flexibility index (Phi) is 7.50. The van der Waals surface area contributed by atoms with Crippen molar-refractivity contribution in [3.8, 4) is 0 Å². The zero-order chi connectivity index (χ0) is 10.8. The van der Waals surface area contributed by atoms with E-state index < -0.39 is 0 Å². The van der Waals surface area contributed by atoms with Crippen molar-refractivity contribution >= 4 is 11.9 Å². The Morgan fingerprint density at radius 1 is 0.929 bits per heavy atom. The molecule has 0 aliphatic rings. The molecule has 0 heterocycles. The minimum atomic E-state index is -0.285. The number of rotatable bonds is 6. The molecule has 0 spiro atoms. The molecule has 0 aromatic carbocycles. The topological polar surface area (TPSA) is 52.6 Å². The van der Waals surface area contributed by atoms with Gasteiger partial charge >= 0.3 is 11.9 Å². The molecule has 0 bridgehead atoms. The van der Waals surface area contributed by atoms with Crippen LogP contribution in [0.2, 0.25) is 0 Å². The van der Waals surface area contributed by atoms with Crippen molar-refractivity contribution in [3.63, 3.8) is 0 Å². The second kappa shape index (κ2) is 8.29. The summed E-state index contributed by atoms with van der Waals surface area (Å²) in [7, 11) is 0. The number of carbonyl (C=O) groups is 2. The van der Waals surface area contributed by atoms with Crippen molar-refractivity contribution in [1.82, 2.24) is 0 Å². The number of esters is 2. The summed E-state index contributed by atoms with van der Waals surface area (Å²) < 4.78 is 9.38. The highest BCUT2D eigenvalue weighted by Crippen LogP contribution is 1.93. The molecule has 4 heteroatoms. The van der Waals surface area contributed by atoms with Crippen LogP contribution in [-0.4, -0.2) is 25.2 Å². The van der Waals surface area contributed by atoms with Gasteiger partial charge in [-0.05, 0) is 13.8 Å². The molecule has 0 saturated carbocycles. The summed E-state index contributed by atoms with van der Waals surface area (Å²) in [5.74, 6) is -0.569. The van der Waals surface area contributed by atoms with E-state index in [2.05, 4.69) is 0 Å². The zero-order valence-electron chi connectivity index (χ0n) is 8.62. The third-order valence-corrected chi connectivity index (χ3v) is 1.35. The van der Waals surface area contributed by atoms with E-state index in [9.17, 15) is 9.59 Å². The molecule has 0 N–H and O–H groups in total. The van der Waals surface area contributed by atoms with E-state index in [0.29, 0.717) is 13.2 Å². The van der Waals surface area contributed by atoms with Crippen LogP contribution in [0.25, 0.3) is 0 Å². The van der Waals surface area contributed by atoms with Crippen LogP contribution in [0.5, 0.6) is 0 Å². The van der Waals surface area contributed by atoms with Crippen molar-refractivity contribution in [2.45, 2.75) is 26.7 Å². The Morgan fingerprint density at radius 2 is 1.29 bits per heavy atom. The summed E-state index contributed by atoms with van der Waals surface area (Å²) in [6.07, 6.45) is 3.62. The summed E-state index contributed by atoms with van der Waals surface area (Å²) in [6, 6.07) is 0. The van der Waals surface area contributed by atoms with Gasteiger partial charge in [0.15, 0.2) is 0 Å². The van der Waals surface area contributed by atoms with Gasteiger partial charge in [-0.25, -0.2) is 0 Å². The first-order valence-electron chi connectivity index (χ1n) is 4.66. The lowest BCUT2D eigenvalue weighted by Crippen LogP contribution is -2.03. The minimum Gasteiger partial charge on any atom is -0.466 e. The lowest BCUT2D eigenvalue weighted by molar-refractivity contribution is -0.143. The molecule has 0 radical (unpaired) electrons. The fourth-order valence-electron chi connectivity index (χ4n) is 0.799. The normalized spacial score (nSPS) is 10.1. The zero-order valence-corrected chi connectivity index (χ0v) is 8.62. The van der Waals surface area contributed by atoms with Crippen LogP contribution in [-0.2, 0) is 19.1 Å². The molecule has 0 aromatic heterocycles. The molecule has 0 atom stereocenters. The highest BCUT2D eigenvalue weighted by molar-refractivity contribution is 5.73. The second-order valence-electron chi connectivity index (χ2n) is 2.49. The van der Waals surface area contributed by atoms with Crippen molar-refractivity contribution in [1.29, 1.82) is 0 Å². The van der Waals surface area contributed by atoms with Crippen LogP contribution in [0, 0.1) is 0 Å². The van der Waals surface area contributed by atoms with Crippen molar-refractivity contribution < 1.29 is 19.1 Å². The van der Waals surface area contributed by atoms with Gasteiger partial charge in [0.05, 0.1) is 26.1 Å². The average molecular weight is 200 g/mol. The Labute approximate surface area is 83.9 Å². The average Bonchev–Trinajstić information content (AvgIpc) is 2.13. The van der Waals surface area contributed by atoms with Gasteiger partial charge in [-0.1, -0.05) is 12.2 Å². The smallest absolute Gasteiger partial charge is 0.309 e. The predicted octanol–water partition coefficient (Wildman–Crippen LogP) is 1.45. The molecule has 80 valence electrons. The Morgan fingerprint density at radius 3 is 1.57 bits per heavy atom. The highest BCUT2D eigenvalue weighted by atomic mass is 16.5. The van der Waals surface area contributed by atoms with Crippen molar-refractivity contribution in [2.24, 2.45) is 0 Å². The van der Waals surface area contributed by atoms with Crippen LogP contribution in [0.15, 0.2) is 12.2 Å². The third kappa shape index (κ3) is 7.34. The standard InChI is InChI=1S/C10H16O4/c1-3-13-9(11)7-5-6-8-10(12)14-4-2/h5-6H,3-4,7-8H2,1-2H3/b6-5-. The van der Waals surface area contributed by atoms with Crippen LogP contribution in [0.4, 0.5) is 0 Å². The summed E-state index contributed by atoms with van der Waals surface area (Å²) in [5, 5.41) is 0. The molecule has 0 aromatic rings. The van der Waals surface area contributed by atoms with Gasteiger partial charge in [0.1, 0.15) is 0 Å². The molecular formula is C10H16O4. The number of hydrogen-bond donors (Lipinski definition) is 0. The number of ether oxygens (including phenoxy) is 2. The molecule has 0 rings (SSSR count). The van der Waals surface area contributed by atoms with Gasteiger partial charge in [-0.2, -0.15) is 0 Å². The van der Waals surface area contributed by atoms with E-state index in [-0.39, 0.29) is 24.8 Å². The van der Waals surface area contributed by atoms with Gasteiger partial charge in [-0.15, -0.1) is 0 Å². The monoisotopic (exact) mass is 200 g/mol. The quantitative estimate of drug-likeness (QED) is 0.481. The first-order valence-corrected chi connectivity index (χ1v) is 4.66. The van der Waals surface area contributed by atoms with Crippen LogP contribution in [0.1, 0.15) is 26.7 Å². The molecule has 0 saturated heterocycles. The maximum Gasteiger partial charge on any atom is 0.309 e. The number of carbonyl (C=O) groups excluding carboxylic acids is 2. The summed E-state index contributed by atoms with van der Waals surface area (Å²) in [4.78, 5) is 21.6. The van der Waals surface area contributed by atoms with E-state index in [0.717, 1.165) is 0 Å². The van der Waals surface area contributed by atoms with E-state index in [1.807, 2.05) is 0 Å².